The van der Waals surface area contributed by atoms with E-state index in [1.54, 1.807) is 6.08 Å². The molecule has 2 aromatic rings. The summed E-state index contributed by atoms with van der Waals surface area (Å²) in [6, 6.07) is 11.7. The van der Waals surface area contributed by atoms with E-state index in [-0.39, 0.29) is 11.3 Å². The van der Waals surface area contributed by atoms with Gasteiger partial charge in [-0.25, -0.2) is 4.39 Å². The van der Waals surface area contributed by atoms with Crippen LogP contribution >= 0.6 is 0 Å². The summed E-state index contributed by atoms with van der Waals surface area (Å²) < 4.78 is 18.4. The Labute approximate surface area is 129 Å². The van der Waals surface area contributed by atoms with Crippen LogP contribution in [-0.4, -0.2) is 27.0 Å². The highest BCUT2D eigenvalue weighted by atomic mass is 19.1. The number of ether oxygens (including phenoxy) is 1. The Morgan fingerprint density at radius 2 is 1.82 bits per heavy atom. The van der Waals surface area contributed by atoms with Gasteiger partial charge in [0, 0.05) is 19.8 Å². The third kappa shape index (κ3) is 3.73. The Kier molecular flexibility index (Phi) is 4.94. The molecule has 0 saturated carbocycles. The first-order valence-electron chi connectivity index (χ1n) is 6.84. The highest BCUT2D eigenvalue weighted by Gasteiger charge is 2.10. The molecule has 0 aliphatic rings. The summed E-state index contributed by atoms with van der Waals surface area (Å²) in [5.74, 6) is -0.403. The number of allylic oxidation sites excluding steroid dienone is 1. The first-order chi connectivity index (χ1) is 10.5. The Bertz CT molecular complexity index is 691. The van der Waals surface area contributed by atoms with Crippen molar-refractivity contribution in [3.05, 3.63) is 65.5 Å². The fourth-order valence-corrected chi connectivity index (χ4v) is 2.02. The topological polar surface area (TPSA) is 29.5 Å². The van der Waals surface area contributed by atoms with Crippen molar-refractivity contribution in [2.45, 2.75) is 0 Å². The van der Waals surface area contributed by atoms with Gasteiger partial charge in [-0.15, -0.1) is 0 Å². The number of hydrogen-bond acceptors (Lipinski definition) is 3. The van der Waals surface area contributed by atoms with Crippen LogP contribution in [0.5, 0.6) is 5.75 Å². The van der Waals surface area contributed by atoms with Gasteiger partial charge in [0.25, 0.3) is 0 Å². The van der Waals surface area contributed by atoms with Crippen LogP contribution in [0.1, 0.15) is 15.9 Å². The SMILES string of the molecule is COc1ccc(F)cc1C(=O)C=Cc1ccc(N(C)C)cc1. The van der Waals surface area contributed by atoms with Crippen LogP contribution in [-0.2, 0) is 0 Å². The summed E-state index contributed by atoms with van der Waals surface area (Å²) in [6.07, 6.45) is 3.12. The molecule has 0 unspecified atom stereocenters. The molecule has 0 N–H and O–H groups in total. The Balaban J connectivity index is 2.19. The predicted octanol–water partition coefficient (Wildman–Crippen LogP) is 3.80. The quantitative estimate of drug-likeness (QED) is 0.621. The number of carbonyl (C=O) groups excluding carboxylic acids is 1. The molecule has 3 nitrogen and oxygen atoms in total. The van der Waals surface area contributed by atoms with Gasteiger partial charge in [-0.05, 0) is 42.0 Å². The normalized spacial score (nSPS) is 10.7. The molecule has 22 heavy (non-hydrogen) atoms. The number of anilines is 1. The van der Waals surface area contributed by atoms with Crippen LogP contribution in [0, 0.1) is 5.82 Å². The predicted molar refractivity (Wildman–Crippen MR) is 87.1 cm³/mol. The maximum atomic E-state index is 13.3. The van der Waals surface area contributed by atoms with Crippen molar-refractivity contribution in [1.29, 1.82) is 0 Å². The largest absolute Gasteiger partial charge is 0.496 e. The number of benzene rings is 2. The van der Waals surface area contributed by atoms with Gasteiger partial charge < -0.3 is 9.64 Å². The fourth-order valence-electron chi connectivity index (χ4n) is 2.02. The Hall–Kier alpha value is -2.62. The Morgan fingerprint density at radius 1 is 1.14 bits per heavy atom. The zero-order chi connectivity index (χ0) is 16.1. The molecule has 0 atom stereocenters. The van der Waals surface area contributed by atoms with Gasteiger partial charge in [-0.1, -0.05) is 18.2 Å². The fraction of sp³-hybridized carbons (Fsp3) is 0.167. The molecule has 0 aromatic heterocycles. The molecule has 114 valence electrons. The van der Waals surface area contributed by atoms with Crippen LogP contribution in [0.15, 0.2) is 48.5 Å². The van der Waals surface area contributed by atoms with Gasteiger partial charge in [-0.2, -0.15) is 0 Å². The van der Waals surface area contributed by atoms with Crippen molar-refractivity contribution in [2.24, 2.45) is 0 Å². The van der Waals surface area contributed by atoms with Gasteiger partial charge in [-0.3, -0.25) is 4.79 Å². The second-order valence-electron chi connectivity index (χ2n) is 5.03. The average molecular weight is 299 g/mol. The molecule has 2 aromatic carbocycles. The number of carbonyl (C=O) groups is 1. The minimum Gasteiger partial charge on any atom is -0.496 e. The molecule has 0 fully saturated rings. The minimum atomic E-state index is -0.465. The molecule has 0 bridgehead atoms. The van der Waals surface area contributed by atoms with Crippen LogP contribution in [0.3, 0.4) is 0 Å². The summed E-state index contributed by atoms with van der Waals surface area (Å²) in [7, 11) is 5.38. The maximum absolute atomic E-state index is 13.3. The second kappa shape index (κ2) is 6.89. The van der Waals surface area contributed by atoms with E-state index in [0.29, 0.717) is 5.75 Å². The monoisotopic (exact) mass is 299 g/mol. The molecule has 0 saturated heterocycles. The lowest BCUT2D eigenvalue weighted by Gasteiger charge is -2.11. The van der Waals surface area contributed by atoms with Crippen molar-refractivity contribution in [3.63, 3.8) is 0 Å². The number of nitrogens with zero attached hydrogens (tertiary/aromatic N) is 1. The first-order valence-corrected chi connectivity index (χ1v) is 6.84. The summed E-state index contributed by atoms with van der Waals surface area (Å²) >= 11 is 0. The van der Waals surface area contributed by atoms with Crippen molar-refractivity contribution >= 4 is 17.5 Å². The molecular weight excluding hydrogens is 281 g/mol. The van der Waals surface area contributed by atoms with Crippen molar-refractivity contribution in [1.82, 2.24) is 0 Å². The van der Waals surface area contributed by atoms with E-state index in [1.807, 2.05) is 43.3 Å². The lowest BCUT2D eigenvalue weighted by atomic mass is 10.1. The standard InChI is InChI=1S/C18H18FNO2/c1-20(2)15-8-4-13(5-9-15)6-10-17(21)16-12-14(19)7-11-18(16)22-3/h4-12H,1-3H3. The smallest absolute Gasteiger partial charge is 0.189 e. The number of methoxy groups -OCH3 is 1. The van der Waals surface area contributed by atoms with Crippen molar-refractivity contribution in [3.8, 4) is 5.75 Å². The van der Waals surface area contributed by atoms with Gasteiger partial charge >= 0.3 is 0 Å². The molecule has 0 aliphatic carbocycles. The molecule has 0 heterocycles. The van der Waals surface area contributed by atoms with E-state index >= 15 is 0 Å². The van der Waals surface area contributed by atoms with Gasteiger partial charge in [0.1, 0.15) is 11.6 Å². The van der Waals surface area contributed by atoms with Gasteiger partial charge in [0.15, 0.2) is 5.78 Å². The van der Waals surface area contributed by atoms with E-state index in [1.165, 1.54) is 31.4 Å². The second-order valence-corrected chi connectivity index (χ2v) is 5.03. The van der Waals surface area contributed by atoms with E-state index in [2.05, 4.69) is 0 Å². The number of ketones is 1. The lowest BCUT2D eigenvalue weighted by Crippen LogP contribution is -2.07. The van der Waals surface area contributed by atoms with E-state index in [9.17, 15) is 9.18 Å². The van der Waals surface area contributed by atoms with Crippen molar-refractivity contribution in [2.75, 3.05) is 26.1 Å². The van der Waals surface area contributed by atoms with Crippen LogP contribution in [0.4, 0.5) is 10.1 Å². The number of hydrogen-bond donors (Lipinski definition) is 0. The summed E-state index contributed by atoms with van der Waals surface area (Å²) in [5.41, 5.74) is 2.19. The molecular formula is C18H18FNO2. The summed E-state index contributed by atoms with van der Waals surface area (Å²) in [6.45, 7) is 0. The first kappa shape index (κ1) is 15.8. The maximum Gasteiger partial charge on any atom is 0.189 e. The highest BCUT2D eigenvalue weighted by Crippen LogP contribution is 2.21. The molecule has 4 heteroatoms. The van der Waals surface area contributed by atoms with E-state index in [4.69, 9.17) is 4.74 Å². The molecule has 0 amide bonds. The van der Waals surface area contributed by atoms with Gasteiger partial charge in [0.05, 0.1) is 12.7 Å². The molecule has 0 aliphatic heterocycles. The van der Waals surface area contributed by atoms with Crippen molar-refractivity contribution < 1.29 is 13.9 Å². The zero-order valence-electron chi connectivity index (χ0n) is 12.8. The summed E-state index contributed by atoms with van der Waals surface area (Å²) in [5, 5.41) is 0. The lowest BCUT2D eigenvalue weighted by molar-refractivity contribution is 0.104. The van der Waals surface area contributed by atoms with Crippen LogP contribution in [0.2, 0.25) is 0 Å². The average Bonchev–Trinajstić information content (AvgIpc) is 2.53. The number of rotatable bonds is 5. The zero-order valence-corrected chi connectivity index (χ0v) is 12.8. The number of halogens is 1. The summed E-state index contributed by atoms with van der Waals surface area (Å²) in [4.78, 5) is 14.2. The molecule has 0 spiro atoms. The molecule has 2 rings (SSSR count). The van der Waals surface area contributed by atoms with Crippen LogP contribution < -0.4 is 9.64 Å². The third-order valence-electron chi connectivity index (χ3n) is 3.26. The minimum absolute atomic E-state index is 0.212. The highest BCUT2D eigenvalue weighted by molar-refractivity contribution is 6.08. The van der Waals surface area contributed by atoms with Crippen LogP contribution in [0.25, 0.3) is 6.08 Å². The Morgan fingerprint density at radius 3 is 2.41 bits per heavy atom. The van der Waals surface area contributed by atoms with Gasteiger partial charge in [0.2, 0.25) is 0 Å². The third-order valence-corrected chi connectivity index (χ3v) is 3.26. The van der Waals surface area contributed by atoms with E-state index < -0.39 is 5.82 Å². The molecule has 0 radical (unpaired) electrons. The van der Waals surface area contributed by atoms with E-state index in [0.717, 1.165) is 11.3 Å².